The Labute approximate surface area is 206 Å². The molecule has 162 valence electrons. The number of imide groups is 1. The van der Waals surface area contributed by atoms with Crippen molar-refractivity contribution in [2.24, 2.45) is 0 Å². The molecule has 1 aliphatic heterocycles. The molecule has 0 unspecified atom stereocenters. The number of nitrogens with zero attached hydrogens (tertiary/aromatic N) is 1. The third-order valence-electron chi connectivity index (χ3n) is 4.82. The number of ether oxygens (including phenoxy) is 1. The zero-order valence-corrected chi connectivity index (χ0v) is 20.4. The third kappa shape index (κ3) is 5.18. The number of hydrogen-bond acceptors (Lipinski definition) is 3. The van der Waals surface area contributed by atoms with Crippen LogP contribution in [0.5, 0.6) is 5.75 Å². The lowest BCUT2D eigenvalue weighted by Crippen LogP contribution is -2.30. The van der Waals surface area contributed by atoms with E-state index in [9.17, 15) is 14.0 Å². The Morgan fingerprint density at radius 2 is 1.81 bits per heavy atom. The van der Waals surface area contributed by atoms with E-state index in [2.05, 4.69) is 43.8 Å². The summed E-state index contributed by atoms with van der Waals surface area (Å²) >= 11 is 5.75. The highest BCUT2D eigenvalue weighted by molar-refractivity contribution is 14.1. The molecule has 0 bridgehead atoms. The third-order valence-corrected chi connectivity index (χ3v) is 6.16. The number of rotatable bonds is 6. The first-order valence-electron chi connectivity index (χ1n) is 9.65. The van der Waals surface area contributed by atoms with Gasteiger partial charge in [0, 0.05) is 9.13 Å². The largest absolute Gasteiger partial charge is 0.488 e. The van der Waals surface area contributed by atoms with E-state index in [0.29, 0.717) is 17.9 Å². The van der Waals surface area contributed by atoms with Crippen LogP contribution in [0, 0.1) is 9.39 Å². The molecule has 0 saturated carbocycles. The number of hydrogen-bond donors (Lipinski definition) is 1. The highest BCUT2D eigenvalue weighted by Gasteiger charge is 2.34. The molecular formula is C24H17BrFIN2O3. The van der Waals surface area contributed by atoms with Crippen LogP contribution < -0.4 is 10.1 Å². The lowest BCUT2D eigenvalue weighted by atomic mass is 10.1. The van der Waals surface area contributed by atoms with Gasteiger partial charge in [-0.05, 0) is 86.1 Å². The normalized spacial score (nSPS) is 14.7. The highest BCUT2D eigenvalue weighted by Crippen LogP contribution is 2.28. The monoisotopic (exact) mass is 606 g/mol. The molecule has 3 amide bonds. The summed E-state index contributed by atoms with van der Waals surface area (Å²) in [6.07, 6.45) is 1.58. The van der Waals surface area contributed by atoms with Crippen molar-refractivity contribution in [1.29, 1.82) is 0 Å². The van der Waals surface area contributed by atoms with Crippen molar-refractivity contribution >= 4 is 56.5 Å². The van der Waals surface area contributed by atoms with Crippen LogP contribution >= 0.6 is 38.5 Å². The summed E-state index contributed by atoms with van der Waals surface area (Å²) in [6, 6.07) is 18.9. The van der Waals surface area contributed by atoms with Gasteiger partial charge in [0.2, 0.25) is 0 Å². The van der Waals surface area contributed by atoms with Crippen molar-refractivity contribution in [3.63, 3.8) is 0 Å². The zero-order valence-electron chi connectivity index (χ0n) is 16.6. The Bertz CT molecular complexity index is 1210. The van der Waals surface area contributed by atoms with Crippen molar-refractivity contribution in [1.82, 2.24) is 10.2 Å². The molecule has 0 aromatic heterocycles. The fraction of sp³-hybridized carbons (Fsp3) is 0.0833. The zero-order chi connectivity index (χ0) is 22.7. The minimum Gasteiger partial charge on any atom is -0.488 e. The topological polar surface area (TPSA) is 58.6 Å². The molecule has 3 aromatic rings. The molecule has 0 spiro atoms. The molecule has 5 nitrogen and oxygen atoms in total. The smallest absolute Gasteiger partial charge is 0.329 e. The van der Waals surface area contributed by atoms with E-state index in [-0.39, 0.29) is 17.8 Å². The van der Waals surface area contributed by atoms with Gasteiger partial charge >= 0.3 is 6.03 Å². The quantitative estimate of drug-likeness (QED) is 0.217. The van der Waals surface area contributed by atoms with Gasteiger partial charge < -0.3 is 10.1 Å². The molecule has 8 heteroatoms. The first-order chi connectivity index (χ1) is 15.4. The van der Waals surface area contributed by atoms with Crippen molar-refractivity contribution in [3.05, 3.63) is 103 Å². The highest BCUT2D eigenvalue weighted by atomic mass is 127. The maximum Gasteiger partial charge on any atom is 0.329 e. The number of halogens is 3. The summed E-state index contributed by atoms with van der Waals surface area (Å²) < 4.78 is 21.7. The second-order valence-electron chi connectivity index (χ2n) is 7.08. The molecule has 3 aromatic carbocycles. The standard InChI is InChI=1S/C24H17BrFIN2O3/c25-19-11-16(7-10-22(19)32-14-15-5-8-18(27)9-6-15)12-21-23(30)29(24(31)28-21)13-17-3-1-2-4-20(17)26/h1-12H,13-14H2,(H,28,31)/b21-12+. The number of nitrogens with one attached hydrogen (secondary N) is 1. The molecule has 1 heterocycles. The van der Waals surface area contributed by atoms with Gasteiger partial charge in [-0.2, -0.15) is 0 Å². The maximum atomic E-state index is 13.9. The minimum atomic E-state index is -0.582. The molecule has 1 saturated heterocycles. The second kappa shape index (κ2) is 9.83. The van der Waals surface area contributed by atoms with Crippen LogP contribution in [-0.2, 0) is 17.9 Å². The minimum absolute atomic E-state index is 0.130. The Morgan fingerprint density at radius 3 is 2.53 bits per heavy atom. The van der Waals surface area contributed by atoms with Crippen LogP contribution in [0.1, 0.15) is 16.7 Å². The molecule has 1 aliphatic rings. The predicted octanol–water partition coefficient (Wildman–Crippen LogP) is 5.86. The van der Waals surface area contributed by atoms with Crippen LogP contribution in [0.15, 0.2) is 76.9 Å². The van der Waals surface area contributed by atoms with Crippen LogP contribution in [0.25, 0.3) is 6.08 Å². The summed E-state index contributed by atoms with van der Waals surface area (Å²) in [5.41, 5.74) is 2.16. The van der Waals surface area contributed by atoms with Crippen LogP contribution in [0.4, 0.5) is 9.18 Å². The fourth-order valence-corrected chi connectivity index (χ4v) is 4.02. The van der Waals surface area contributed by atoms with Crippen molar-refractivity contribution in [2.75, 3.05) is 0 Å². The lowest BCUT2D eigenvalue weighted by Gasteiger charge is -2.12. The van der Waals surface area contributed by atoms with Gasteiger partial charge in [0.15, 0.2) is 0 Å². The first-order valence-corrected chi connectivity index (χ1v) is 11.5. The van der Waals surface area contributed by atoms with Gasteiger partial charge in [0.05, 0.1) is 11.0 Å². The molecule has 0 radical (unpaired) electrons. The van der Waals surface area contributed by atoms with Gasteiger partial charge in [-0.1, -0.05) is 36.4 Å². The molecule has 0 atom stereocenters. The lowest BCUT2D eigenvalue weighted by molar-refractivity contribution is -0.123. The number of amides is 3. The van der Waals surface area contributed by atoms with Crippen molar-refractivity contribution in [3.8, 4) is 5.75 Å². The fourth-order valence-electron chi connectivity index (χ4n) is 3.14. The number of carbonyl (C=O) groups is 2. The van der Waals surface area contributed by atoms with Crippen LogP contribution in [0.2, 0.25) is 0 Å². The van der Waals surface area contributed by atoms with Gasteiger partial charge in [-0.3, -0.25) is 9.69 Å². The maximum absolute atomic E-state index is 13.9. The Hall–Kier alpha value is -2.72. The number of benzene rings is 3. The van der Waals surface area contributed by atoms with Gasteiger partial charge in [0.1, 0.15) is 23.9 Å². The van der Waals surface area contributed by atoms with Gasteiger partial charge in [0.25, 0.3) is 5.91 Å². The van der Waals surface area contributed by atoms with Gasteiger partial charge in [-0.15, -0.1) is 0 Å². The molecular weight excluding hydrogens is 590 g/mol. The molecule has 4 rings (SSSR count). The van der Waals surface area contributed by atoms with E-state index in [4.69, 9.17) is 4.74 Å². The van der Waals surface area contributed by atoms with E-state index >= 15 is 0 Å². The van der Waals surface area contributed by atoms with Crippen molar-refractivity contribution < 1.29 is 18.7 Å². The van der Waals surface area contributed by atoms with E-state index in [1.54, 1.807) is 42.5 Å². The summed E-state index contributed by atoms with van der Waals surface area (Å²) in [5.74, 6) is -0.308. The van der Waals surface area contributed by atoms with Gasteiger partial charge in [-0.25, -0.2) is 9.18 Å². The average molecular weight is 607 g/mol. The molecule has 1 fully saturated rings. The summed E-state index contributed by atoms with van der Waals surface area (Å²) in [5, 5.41) is 2.56. The van der Waals surface area contributed by atoms with Crippen LogP contribution in [0.3, 0.4) is 0 Å². The second-order valence-corrected chi connectivity index (χ2v) is 9.18. The van der Waals surface area contributed by atoms with E-state index in [0.717, 1.165) is 18.5 Å². The Morgan fingerprint density at radius 1 is 1.06 bits per heavy atom. The molecule has 1 N–H and O–H groups in total. The first kappa shape index (κ1) is 22.5. The van der Waals surface area contributed by atoms with Crippen molar-refractivity contribution in [2.45, 2.75) is 13.2 Å². The molecule has 0 aliphatic carbocycles. The number of carbonyl (C=O) groups excluding carboxylic acids is 2. The SMILES string of the molecule is O=C1N/C(=C/c2ccc(OCc3ccc(I)cc3)c(Br)c2)C(=O)N1Cc1ccccc1F. The summed E-state index contributed by atoms with van der Waals surface area (Å²) in [6.45, 7) is 0.291. The van der Waals surface area contributed by atoms with E-state index < -0.39 is 17.8 Å². The average Bonchev–Trinajstić information content (AvgIpc) is 3.03. The van der Waals surface area contributed by atoms with E-state index in [1.165, 1.54) is 6.07 Å². The van der Waals surface area contributed by atoms with Crippen LogP contribution in [-0.4, -0.2) is 16.8 Å². The summed E-state index contributed by atoms with van der Waals surface area (Å²) in [4.78, 5) is 25.9. The molecule has 32 heavy (non-hydrogen) atoms. The Balaban J connectivity index is 1.45. The predicted molar refractivity (Wildman–Crippen MR) is 131 cm³/mol. The summed E-state index contributed by atoms with van der Waals surface area (Å²) in [7, 11) is 0. The number of urea groups is 1. The Kier molecular flexibility index (Phi) is 6.90. The van der Waals surface area contributed by atoms with E-state index in [1.807, 2.05) is 24.3 Å².